The van der Waals surface area contributed by atoms with Gasteiger partial charge in [-0.2, -0.15) is 9.40 Å². The second-order valence-electron chi connectivity index (χ2n) is 5.66. The first kappa shape index (κ1) is 15.5. The molecular formula is C13H24N4O2S. The summed E-state index contributed by atoms with van der Waals surface area (Å²) in [7, 11) is -3.45. The fourth-order valence-electron chi connectivity index (χ4n) is 2.55. The molecule has 114 valence electrons. The molecule has 0 aromatic carbocycles. The molecular weight excluding hydrogens is 276 g/mol. The number of sulfonamides is 1. The van der Waals surface area contributed by atoms with Crippen molar-refractivity contribution in [1.82, 2.24) is 19.8 Å². The molecule has 1 atom stereocenters. The Hall–Kier alpha value is -0.920. The van der Waals surface area contributed by atoms with Crippen LogP contribution in [-0.4, -0.2) is 42.6 Å². The third kappa shape index (κ3) is 3.05. The highest BCUT2D eigenvalue weighted by Crippen LogP contribution is 2.28. The van der Waals surface area contributed by atoms with Crippen LogP contribution in [0.4, 0.5) is 0 Å². The van der Waals surface area contributed by atoms with Crippen molar-refractivity contribution in [2.75, 3.05) is 19.6 Å². The number of nitrogens with one attached hydrogen (secondary N) is 2. The van der Waals surface area contributed by atoms with E-state index in [9.17, 15) is 8.42 Å². The number of hydrogen-bond acceptors (Lipinski definition) is 4. The third-order valence-electron chi connectivity index (χ3n) is 3.97. The molecule has 1 fully saturated rings. The standard InChI is InChI=1S/C13H24N4O2S/c1-4-14-7-12-8-15-16-13(12)20(18,19)17-6-5-11(9-17)10(2)3/h8,10-11,14H,4-7,9H2,1-3H3,(H,15,16). The summed E-state index contributed by atoms with van der Waals surface area (Å²) in [5.74, 6) is 0.961. The highest BCUT2D eigenvalue weighted by molar-refractivity contribution is 7.89. The predicted octanol–water partition coefficient (Wildman–Crippen LogP) is 1.19. The molecule has 0 radical (unpaired) electrons. The number of aromatic nitrogens is 2. The Kier molecular flexibility index (Phi) is 4.82. The zero-order chi connectivity index (χ0) is 14.8. The van der Waals surface area contributed by atoms with Gasteiger partial charge in [-0.15, -0.1) is 0 Å². The van der Waals surface area contributed by atoms with Gasteiger partial charge in [0, 0.05) is 25.2 Å². The summed E-state index contributed by atoms with van der Waals surface area (Å²) in [6.07, 6.45) is 2.53. The molecule has 2 rings (SSSR count). The Bertz CT molecular complexity index is 538. The molecule has 0 saturated carbocycles. The number of hydrogen-bond donors (Lipinski definition) is 2. The van der Waals surface area contributed by atoms with Gasteiger partial charge in [-0.05, 0) is 24.8 Å². The average Bonchev–Trinajstić information content (AvgIpc) is 3.05. The Balaban J connectivity index is 2.17. The minimum atomic E-state index is -3.45. The van der Waals surface area contributed by atoms with Crippen LogP contribution in [0.3, 0.4) is 0 Å². The molecule has 1 aromatic rings. The van der Waals surface area contributed by atoms with Gasteiger partial charge in [0.2, 0.25) is 0 Å². The molecule has 0 spiro atoms. The zero-order valence-corrected chi connectivity index (χ0v) is 13.2. The van der Waals surface area contributed by atoms with Crippen LogP contribution in [0.1, 0.15) is 32.8 Å². The van der Waals surface area contributed by atoms with Crippen LogP contribution >= 0.6 is 0 Å². The maximum atomic E-state index is 12.7. The second-order valence-corrected chi connectivity index (χ2v) is 7.54. The molecule has 1 aliphatic heterocycles. The van der Waals surface area contributed by atoms with Crippen molar-refractivity contribution in [2.24, 2.45) is 11.8 Å². The molecule has 0 aliphatic carbocycles. The van der Waals surface area contributed by atoms with E-state index in [1.807, 2.05) is 6.92 Å². The summed E-state index contributed by atoms with van der Waals surface area (Å²) >= 11 is 0. The van der Waals surface area contributed by atoms with Crippen LogP contribution in [0.15, 0.2) is 11.2 Å². The van der Waals surface area contributed by atoms with Crippen LogP contribution in [0.5, 0.6) is 0 Å². The molecule has 0 amide bonds. The van der Waals surface area contributed by atoms with Gasteiger partial charge in [0.05, 0.1) is 6.20 Å². The van der Waals surface area contributed by atoms with E-state index >= 15 is 0 Å². The second kappa shape index (κ2) is 6.24. The molecule has 2 heterocycles. The average molecular weight is 300 g/mol. The number of H-pyrrole nitrogens is 1. The van der Waals surface area contributed by atoms with Gasteiger partial charge < -0.3 is 5.32 Å². The van der Waals surface area contributed by atoms with Gasteiger partial charge in [0.15, 0.2) is 5.03 Å². The van der Waals surface area contributed by atoms with Crippen LogP contribution in [-0.2, 0) is 16.6 Å². The van der Waals surface area contributed by atoms with E-state index in [2.05, 4.69) is 29.4 Å². The lowest BCUT2D eigenvalue weighted by Crippen LogP contribution is -2.31. The van der Waals surface area contributed by atoms with Crippen LogP contribution in [0.25, 0.3) is 0 Å². The van der Waals surface area contributed by atoms with Gasteiger partial charge in [0.25, 0.3) is 10.0 Å². The lowest BCUT2D eigenvalue weighted by Gasteiger charge is -2.18. The first-order chi connectivity index (χ1) is 9.46. The van der Waals surface area contributed by atoms with E-state index in [4.69, 9.17) is 0 Å². The monoisotopic (exact) mass is 300 g/mol. The molecule has 2 N–H and O–H groups in total. The first-order valence-corrected chi connectivity index (χ1v) is 8.64. The smallest absolute Gasteiger partial charge is 0.260 e. The maximum Gasteiger partial charge on any atom is 0.260 e. The van der Waals surface area contributed by atoms with Crippen molar-refractivity contribution < 1.29 is 8.42 Å². The maximum absolute atomic E-state index is 12.7. The Morgan fingerprint density at radius 2 is 2.30 bits per heavy atom. The molecule has 1 unspecified atom stereocenters. The summed E-state index contributed by atoms with van der Waals surface area (Å²) in [6, 6.07) is 0. The summed E-state index contributed by atoms with van der Waals surface area (Å²) in [5, 5.41) is 9.93. The van der Waals surface area contributed by atoms with Crippen molar-refractivity contribution in [3.8, 4) is 0 Å². The number of aromatic amines is 1. The fraction of sp³-hybridized carbons (Fsp3) is 0.769. The SMILES string of the molecule is CCNCc1cn[nH]c1S(=O)(=O)N1CCC(C(C)C)C1. The van der Waals surface area contributed by atoms with Crippen molar-refractivity contribution in [1.29, 1.82) is 0 Å². The molecule has 1 aromatic heterocycles. The molecule has 0 bridgehead atoms. The predicted molar refractivity (Wildman–Crippen MR) is 77.7 cm³/mol. The molecule has 20 heavy (non-hydrogen) atoms. The van der Waals surface area contributed by atoms with Crippen molar-refractivity contribution in [3.05, 3.63) is 11.8 Å². The zero-order valence-electron chi connectivity index (χ0n) is 12.4. The van der Waals surface area contributed by atoms with Crippen LogP contribution in [0, 0.1) is 11.8 Å². The molecule has 1 aliphatic rings. The van der Waals surface area contributed by atoms with E-state index in [-0.39, 0.29) is 5.03 Å². The minimum absolute atomic E-state index is 0.239. The Labute approximate surface area is 121 Å². The first-order valence-electron chi connectivity index (χ1n) is 7.20. The van der Waals surface area contributed by atoms with Gasteiger partial charge >= 0.3 is 0 Å². The van der Waals surface area contributed by atoms with E-state index in [1.165, 1.54) is 0 Å². The highest BCUT2D eigenvalue weighted by Gasteiger charge is 2.35. The lowest BCUT2D eigenvalue weighted by molar-refractivity contribution is 0.388. The van der Waals surface area contributed by atoms with Gasteiger partial charge in [0.1, 0.15) is 0 Å². The van der Waals surface area contributed by atoms with E-state index in [0.717, 1.165) is 13.0 Å². The van der Waals surface area contributed by atoms with Crippen LogP contribution in [0.2, 0.25) is 0 Å². The fourth-order valence-corrected chi connectivity index (χ4v) is 4.17. The summed E-state index contributed by atoms with van der Waals surface area (Å²) in [4.78, 5) is 0. The Morgan fingerprint density at radius 3 is 2.90 bits per heavy atom. The normalized spacial score (nSPS) is 20.9. The van der Waals surface area contributed by atoms with Crippen molar-refractivity contribution >= 4 is 10.0 Å². The highest BCUT2D eigenvalue weighted by atomic mass is 32.2. The van der Waals surface area contributed by atoms with Gasteiger partial charge in [-0.3, -0.25) is 5.10 Å². The van der Waals surface area contributed by atoms with E-state index < -0.39 is 10.0 Å². The van der Waals surface area contributed by atoms with Gasteiger partial charge in [-0.1, -0.05) is 20.8 Å². The quantitative estimate of drug-likeness (QED) is 0.827. The lowest BCUT2D eigenvalue weighted by atomic mass is 9.96. The Morgan fingerprint density at radius 1 is 1.55 bits per heavy atom. The summed E-state index contributed by atoms with van der Waals surface area (Å²) < 4.78 is 26.9. The van der Waals surface area contributed by atoms with E-state index in [1.54, 1.807) is 10.5 Å². The van der Waals surface area contributed by atoms with Crippen molar-refractivity contribution in [3.63, 3.8) is 0 Å². The third-order valence-corrected chi connectivity index (χ3v) is 5.85. The largest absolute Gasteiger partial charge is 0.313 e. The topological polar surface area (TPSA) is 78.1 Å². The molecule has 1 saturated heterocycles. The number of nitrogens with zero attached hydrogens (tertiary/aromatic N) is 2. The summed E-state index contributed by atoms with van der Waals surface area (Å²) in [5.41, 5.74) is 0.708. The molecule has 6 nitrogen and oxygen atoms in total. The minimum Gasteiger partial charge on any atom is -0.313 e. The van der Waals surface area contributed by atoms with Gasteiger partial charge in [-0.25, -0.2) is 8.42 Å². The van der Waals surface area contributed by atoms with Crippen LogP contribution < -0.4 is 5.32 Å². The van der Waals surface area contributed by atoms with E-state index in [0.29, 0.717) is 37.0 Å². The molecule has 7 heteroatoms. The van der Waals surface area contributed by atoms with Crippen molar-refractivity contribution in [2.45, 2.75) is 38.8 Å². The summed E-state index contributed by atoms with van der Waals surface area (Å²) in [6.45, 7) is 8.81. The number of rotatable bonds is 6.